The number of benzene rings is 1. The summed E-state index contributed by atoms with van der Waals surface area (Å²) in [5.74, 6) is -0.944. The summed E-state index contributed by atoms with van der Waals surface area (Å²) in [6.07, 6.45) is 1.17. The smallest absolute Gasteiger partial charge is 0.299 e. The Morgan fingerprint density at radius 2 is 2.00 bits per heavy atom. The van der Waals surface area contributed by atoms with Gasteiger partial charge in [0.2, 0.25) is 0 Å². The van der Waals surface area contributed by atoms with Crippen LogP contribution in [0.4, 0.5) is 5.69 Å². The van der Waals surface area contributed by atoms with Crippen LogP contribution in [0.1, 0.15) is 23.2 Å². The second-order valence-electron chi connectivity index (χ2n) is 4.73. The molecule has 0 saturated carbocycles. The zero-order chi connectivity index (χ0) is 14.1. The molecule has 1 aromatic rings. The second kappa shape index (κ2) is 5.63. The molecule has 6 heteroatoms. The van der Waals surface area contributed by atoms with Crippen molar-refractivity contribution in [3.05, 3.63) is 28.2 Å². The molecule has 0 unspecified atom stereocenters. The van der Waals surface area contributed by atoms with Gasteiger partial charge in [-0.05, 0) is 34.5 Å². The molecule has 1 fully saturated rings. The summed E-state index contributed by atoms with van der Waals surface area (Å²) in [5.41, 5.74) is 1.10. The number of Topliss-reactive ketones (excluding diaryl/α,β-unsaturated/α-hetero) is 1. The highest BCUT2D eigenvalue weighted by molar-refractivity contribution is 9.10. The monoisotopic (exact) mass is 339 g/mol. The van der Waals surface area contributed by atoms with Crippen LogP contribution < -0.4 is 4.90 Å². The van der Waals surface area contributed by atoms with Crippen LogP contribution in [0.5, 0.6) is 0 Å². The van der Waals surface area contributed by atoms with E-state index >= 15 is 0 Å². The van der Waals surface area contributed by atoms with Crippen LogP contribution in [0.3, 0.4) is 0 Å². The summed E-state index contributed by atoms with van der Waals surface area (Å²) in [5, 5.41) is 0. The minimum Gasteiger partial charge on any atom is -0.353 e. The normalized spacial score (nSPS) is 19.6. The standard InChI is InChI=1S/C14H14BrNO4/c15-9-3-1-4-10-12(9)13(17)14(18)16(10)6-5-11-19-7-2-8-20-11/h1,3-4,11H,2,5-8H2. The SMILES string of the molecule is O=C1C(=O)N(CCC2OCCCO2)c2cccc(Br)c21. The van der Waals surface area contributed by atoms with Crippen molar-refractivity contribution >= 4 is 33.3 Å². The van der Waals surface area contributed by atoms with Gasteiger partial charge >= 0.3 is 0 Å². The van der Waals surface area contributed by atoms with Gasteiger partial charge in [-0.15, -0.1) is 0 Å². The van der Waals surface area contributed by atoms with Gasteiger partial charge in [0.15, 0.2) is 6.29 Å². The van der Waals surface area contributed by atoms with Crippen LogP contribution >= 0.6 is 15.9 Å². The van der Waals surface area contributed by atoms with Crippen molar-refractivity contribution < 1.29 is 19.1 Å². The summed E-state index contributed by atoms with van der Waals surface area (Å²) in [6, 6.07) is 5.36. The molecule has 1 saturated heterocycles. The molecule has 5 nitrogen and oxygen atoms in total. The van der Waals surface area contributed by atoms with Gasteiger partial charge in [-0.25, -0.2) is 0 Å². The molecule has 1 aromatic carbocycles. The number of amides is 1. The first-order chi connectivity index (χ1) is 9.68. The molecule has 0 radical (unpaired) electrons. The lowest BCUT2D eigenvalue weighted by molar-refractivity contribution is -0.179. The van der Waals surface area contributed by atoms with Crippen LogP contribution in [-0.2, 0) is 14.3 Å². The fourth-order valence-corrected chi connectivity index (χ4v) is 3.00. The molecular formula is C14H14BrNO4. The van der Waals surface area contributed by atoms with E-state index in [1.54, 1.807) is 12.1 Å². The highest BCUT2D eigenvalue weighted by Gasteiger charge is 2.37. The van der Waals surface area contributed by atoms with Gasteiger partial charge in [-0.3, -0.25) is 9.59 Å². The fraction of sp³-hybridized carbons (Fsp3) is 0.429. The van der Waals surface area contributed by atoms with Crippen LogP contribution in [0.15, 0.2) is 22.7 Å². The number of ether oxygens (including phenoxy) is 2. The lowest BCUT2D eigenvalue weighted by Gasteiger charge is -2.25. The van der Waals surface area contributed by atoms with Crippen molar-refractivity contribution in [1.29, 1.82) is 0 Å². The average Bonchev–Trinajstić information content (AvgIpc) is 2.71. The van der Waals surface area contributed by atoms with Crippen molar-refractivity contribution in [3.63, 3.8) is 0 Å². The lowest BCUT2D eigenvalue weighted by Crippen LogP contribution is -2.35. The van der Waals surface area contributed by atoms with Gasteiger partial charge in [-0.1, -0.05) is 6.07 Å². The number of anilines is 1. The number of hydrogen-bond donors (Lipinski definition) is 0. The molecule has 3 rings (SSSR count). The van der Waals surface area contributed by atoms with Crippen LogP contribution in [0.25, 0.3) is 0 Å². The van der Waals surface area contributed by atoms with Crippen molar-refractivity contribution in [2.75, 3.05) is 24.7 Å². The Balaban J connectivity index is 1.76. The van der Waals surface area contributed by atoms with E-state index in [2.05, 4.69) is 15.9 Å². The number of halogens is 1. The predicted molar refractivity (Wildman–Crippen MR) is 75.8 cm³/mol. The van der Waals surface area contributed by atoms with E-state index in [0.29, 0.717) is 41.9 Å². The highest BCUT2D eigenvalue weighted by Crippen LogP contribution is 2.34. The molecule has 0 spiro atoms. The molecule has 2 aliphatic rings. The highest BCUT2D eigenvalue weighted by atomic mass is 79.9. The maximum absolute atomic E-state index is 12.1. The Morgan fingerprint density at radius 1 is 1.25 bits per heavy atom. The van der Waals surface area contributed by atoms with E-state index in [1.165, 1.54) is 4.90 Å². The van der Waals surface area contributed by atoms with E-state index < -0.39 is 11.7 Å². The average molecular weight is 340 g/mol. The molecule has 0 bridgehead atoms. The largest absolute Gasteiger partial charge is 0.353 e. The number of nitrogens with zero attached hydrogens (tertiary/aromatic N) is 1. The quantitative estimate of drug-likeness (QED) is 0.791. The molecule has 20 heavy (non-hydrogen) atoms. The number of carbonyl (C=O) groups is 2. The van der Waals surface area contributed by atoms with Gasteiger partial charge in [0.25, 0.3) is 11.7 Å². The zero-order valence-corrected chi connectivity index (χ0v) is 12.4. The topological polar surface area (TPSA) is 55.8 Å². The molecule has 0 N–H and O–H groups in total. The Hall–Kier alpha value is -1.24. The lowest BCUT2D eigenvalue weighted by atomic mass is 10.1. The van der Waals surface area contributed by atoms with Crippen molar-refractivity contribution in [2.45, 2.75) is 19.1 Å². The Kier molecular flexibility index (Phi) is 3.87. The van der Waals surface area contributed by atoms with Crippen LogP contribution in [0.2, 0.25) is 0 Å². The molecule has 106 valence electrons. The third-order valence-corrected chi connectivity index (χ3v) is 4.09. The van der Waals surface area contributed by atoms with Crippen molar-refractivity contribution in [2.24, 2.45) is 0 Å². The van der Waals surface area contributed by atoms with E-state index in [9.17, 15) is 9.59 Å². The summed E-state index contributed by atoms with van der Waals surface area (Å²) < 4.78 is 11.6. The fourth-order valence-electron chi connectivity index (χ4n) is 2.46. The Morgan fingerprint density at radius 3 is 2.75 bits per heavy atom. The third-order valence-electron chi connectivity index (χ3n) is 3.43. The van der Waals surface area contributed by atoms with Gasteiger partial charge in [0.05, 0.1) is 24.5 Å². The summed E-state index contributed by atoms with van der Waals surface area (Å²) in [4.78, 5) is 25.6. The molecule has 1 amide bonds. The number of fused-ring (bicyclic) bond motifs is 1. The van der Waals surface area contributed by atoms with Crippen LogP contribution in [-0.4, -0.2) is 37.7 Å². The molecule has 0 aromatic heterocycles. The summed E-state index contributed by atoms with van der Waals surface area (Å²) in [7, 11) is 0. The van der Waals surface area contributed by atoms with E-state index in [0.717, 1.165) is 6.42 Å². The van der Waals surface area contributed by atoms with Crippen LogP contribution in [0, 0.1) is 0 Å². The molecule has 2 heterocycles. The van der Waals surface area contributed by atoms with Gasteiger partial charge in [0, 0.05) is 17.4 Å². The molecule has 0 aliphatic carbocycles. The third kappa shape index (κ3) is 2.39. The van der Waals surface area contributed by atoms with E-state index in [1.807, 2.05) is 6.07 Å². The molecule has 2 aliphatic heterocycles. The first kappa shape index (κ1) is 13.7. The van der Waals surface area contributed by atoms with Gasteiger partial charge in [0.1, 0.15) is 0 Å². The number of rotatable bonds is 3. The minimum absolute atomic E-state index is 0.289. The minimum atomic E-state index is -0.484. The summed E-state index contributed by atoms with van der Waals surface area (Å²) in [6.45, 7) is 1.78. The van der Waals surface area contributed by atoms with Crippen molar-refractivity contribution in [3.8, 4) is 0 Å². The molecular weight excluding hydrogens is 326 g/mol. The van der Waals surface area contributed by atoms with Gasteiger partial charge < -0.3 is 14.4 Å². The maximum Gasteiger partial charge on any atom is 0.299 e. The first-order valence-electron chi connectivity index (χ1n) is 6.56. The summed E-state index contributed by atoms with van der Waals surface area (Å²) >= 11 is 3.32. The first-order valence-corrected chi connectivity index (χ1v) is 7.35. The zero-order valence-electron chi connectivity index (χ0n) is 10.8. The number of hydrogen-bond acceptors (Lipinski definition) is 4. The van der Waals surface area contributed by atoms with Crippen molar-refractivity contribution in [1.82, 2.24) is 0 Å². The Labute approximate surface area is 125 Å². The second-order valence-corrected chi connectivity index (χ2v) is 5.59. The Bertz CT molecular complexity index is 554. The van der Waals surface area contributed by atoms with E-state index in [4.69, 9.17) is 9.47 Å². The van der Waals surface area contributed by atoms with E-state index in [-0.39, 0.29) is 6.29 Å². The number of ketones is 1. The van der Waals surface area contributed by atoms with Gasteiger partial charge in [-0.2, -0.15) is 0 Å². The maximum atomic E-state index is 12.1. The molecule has 0 atom stereocenters. The predicted octanol–water partition coefficient (Wildman–Crippen LogP) is 2.13. The number of carbonyl (C=O) groups excluding carboxylic acids is 2.